The van der Waals surface area contributed by atoms with Gasteiger partial charge in [-0.05, 0) is 30.4 Å². The van der Waals surface area contributed by atoms with Gasteiger partial charge >= 0.3 is 0 Å². The van der Waals surface area contributed by atoms with E-state index in [1.807, 2.05) is 37.3 Å². The Bertz CT molecular complexity index is 333. The maximum absolute atomic E-state index is 10.2. The molecule has 0 bridgehead atoms. The summed E-state index contributed by atoms with van der Waals surface area (Å²) in [7, 11) is 0. The van der Waals surface area contributed by atoms with Crippen LogP contribution in [0.2, 0.25) is 0 Å². The Balaban J connectivity index is 2.58. The summed E-state index contributed by atoms with van der Waals surface area (Å²) in [4.78, 5) is 9.78. The molecule has 3 nitrogen and oxygen atoms in total. The Morgan fingerprint density at radius 2 is 2.07 bits per heavy atom. The summed E-state index contributed by atoms with van der Waals surface area (Å²) in [5.41, 5.74) is 1.22. The van der Waals surface area contributed by atoms with Crippen molar-refractivity contribution in [3.63, 3.8) is 0 Å². The van der Waals surface area contributed by atoms with E-state index in [-0.39, 0.29) is 5.92 Å². The van der Waals surface area contributed by atoms with Crippen LogP contribution in [0, 0.1) is 16.0 Å². The van der Waals surface area contributed by atoms with Crippen molar-refractivity contribution in [1.29, 1.82) is 0 Å². The van der Waals surface area contributed by atoms with E-state index >= 15 is 0 Å². The second-order valence-electron chi connectivity index (χ2n) is 3.48. The van der Waals surface area contributed by atoms with Crippen molar-refractivity contribution >= 4 is 0 Å². The van der Waals surface area contributed by atoms with E-state index in [0.29, 0.717) is 0 Å². The highest BCUT2D eigenvalue weighted by molar-refractivity contribution is 5.16. The molecule has 80 valence electrons. The molecule has 0 aliphatic carbocycles. The second-order valence-corrected chi connectivity index (χ2v) is 3.48. The van der Waals surface area contributed by atoms with Gasteiger partial charge in [-0.25, -0.2) is 0 Å². The van der Waals surface area contributed by atoms with Crippen LogP contribution in [0.15, 0.2) is 42.6 Å². The molecule has 0 fully saturated rings. The number of nitro groups is 1. The minimum Gasteiger partial charge on any atom is -0.259 e. The minimum absolute atomic E-state index is 0.248. The predicted octanol–water partition coefficient (Wildman–Crippen LogP) is 3.05. The quantitative estimate of drug-likeness (QED) is 0.547. The van der Waals surface area contributed by atoms with Gasteiger partial charge in [-0.1, -0.05) is 37.3 Å². The molecule has 15 heavy (non-hydrogen) atoms. The minimum atomic E-state index is -0.409. The van der Waals surface area contributed by atoms with Gasteiger partial charge in [0, 0.05) is 0 Å². The normalized spacial score (nSPS) is 12.9. The van der Waals surface area contributed by atoms with E-state index in [2.05, 4.69) is 0 Å². The Morgan fingerprint density at radius 1 is 1.40 bits per heavy atom. The molecule has 1 rings (SSSR count). The molecule has 0 spiro atoms. The number of allylic oxidation sites excluding steroid dienone is 1. The first kappa shape index (κ1) is 11.4. The van der Waals surface area contributed by atoms with Gasteiger partial charge in [0.25, 0.3) is 0 Å². The summed E-state index contributed by atoms with van der Waals surface area (Å²) in [5.74, 6) is 0.248. The summed E-state index contributed by atoms with van der Waals surface area (Å²) in [6.45, 7) is 2.04. The third-order valence-corrected chi connectivity index (χ3v) is 2.35. The Hall–Kier alpha value is -1.64. The highest BCUT2D eigenvalue weighted by Gasteiger charge is 2.04. The van der Waals surface area contributed by atoms with E-state index in [4.69, 9.17) is 0 Å². The van der Waals surface area contributed by atoms with E-state index in [1.54, 1.807) is 6.08 Å². The van der Waals surface area contributed by atoms with E-state index in [0.717, 1.165) is 19.0 Å². The molecule has 0 amide bonds. The van der Waals surface area contributed by atoms with Crippen LogP contribution in [0.1, 0.15) is 18.9 Å². The largest absolute Gasteiger partial charge is 0.259 e. The van der Waals surface area contributed by atoms with Crippen molar-refractivity contribution in [3.05, 3.63) is 58.3 Å². The molecule has 0 saturated heterocycles. The maximum Gasteiger partial charge on any atom is 0.230 e. The van der Waals surface area contributed by atoms with Crippen molar-refractivity contribution in [2.24, 2.45) is 5.92 Å². The van der Waals surface area contributed by atoms with Crippen molar-refractivity contribution in [2.75, 3.05) is 0 Å². The van der Waals surface area contributed by atoms with Gasteiger partial charge in [0.05, 0.1) is 4.92 Å². The molecule has 1 aromatic rings. The number of nitrogens with zero attached hydrogens (tertiary/aromatic N) is 1. The van der Waals surface area contributed by atoms with Crippen molar-refractivity contribution in [2.45, 2.75) is 19.8 Å². The first-order valence-electron chi connectivity index (χ1n) is 5.08. The number of benzene rings is 1. The molecular formula is C12H15NO2. The molecule has 3 heteroatoms. The van der Waals surface area contributed by atoms with Crippen molar-refractivity contribution in [3.8, 4) is 0 Å². The summed E-state index contributed by atoms with van der Waals surface area (Å²) < 4.78 is 0. The number of hydrogen-bond donors (Lipinski definition) is 0. The summed E-state index contributed by atoms with van der Waals surface area (Å²) >= 11 is 0. The lowest BCUT2D eigenvalue weighted by Gasteiger charge is -2.08. The third kappa shape index (κ3) is 4.40. The smallest absolute Gasteiger partial charge is 0.230 e. The Morgan fingerprint density at radius 3 is 2.60 bits per heavy atom. The standard InChI is InChI=1S/C12H15NO2/c1-2-11(8-9-13(14)15)10-12-6-4-3-5-7-12/h3-9,11H,2,10H2,1H3/b9-8-. The molecule has 1 aromatic carbocycles. The summed E-state index contributed by atoms with van der Waals surface area (Å²) in [5, 5.41) is 10.2. The van der Waals surface area contributed by atoms with Crippen molar-refractivity contribution in [1.82, 2.24) is 0 Å². The topological polar surface area (TPSA) is 43.1 Å². The molecule has 0 aliphatic heterocycles. The fourth-order valence-corrected chi connectivity index (χ4v) is 1.46. The number of hydrogen-bond acceptors (Lipinski definition) is 2. The molecule has 1 atom stereocenters. The SMILES string of the molecule is CCC(/C=C\[N+](=O)[O-])Cc1ccccc1. The first-order valence-corrected chi connectivity index (χ1v) is 5.08. The van der Waals surface area contributed by atoms with Gasteiger partial charge in [0.2, 0.25) is 6.20 Å². The molecule has 0 saturated carbocycles. The monoisotopic (exact) mass is 205 g/mol. The van der Waals surface area contributed by atoms with Crippen LogP contribution in [0.3, 0.4) is 0 Å². The lowest BCUT2D eigenvalue weighted by atomic mass is 9.97. The Labute approximate surface area is 89.6 Å². The molecule has 0 aliphatic rings. The molecule has 0 N–H and O–H groups in total. The van der Waals surface area contributed by atoms with E-state index < -0.39 is 4.92 Å². The van der Waals surface area contributed by atoms with Crippen LogP contribution in [-0.4, -0.2) is 4.92 Å². The molecule has 0 radical (unpaired) electrons. The van der Waals surface area contributed by atoms with Gasteiger partial charge in [-0.15, -0.1) is 0 Å². The Kier molecular flexibility index (Phi) is 4.54. The van der Waals surface area contributed by atoms with Crippen LogP contribution in [0.5, 0.6) is 0 Å². The van der Waals surface area contributed by atoms with Gasteiger partial charge in [-0.2, -0.15) is 0 Å². The van der Waals surface area contributed by atoms with Crippen LogP contribution < -0.4 is 0 Å². The maximum atomic E-state index is 10.2. The fourth-order valence-electron chi connectivity index (χ4n) is 1.46. The lowest BCUT2D eigenvalue weighted by Crippen LogP contribution is -2.00. The highest BCUT2D eigenvalue weighted by atomic mass is 16.6. The molecule has 1 unspecified atom stereocenters. The van der Waals surface area contributed by atoms with E-state index in [9.17, 15) is 10.1 Å². The fraction of sp³-hybridized carbons (Fsp3) is 0.333. The van der Waals surface area contributed by atoms with Crippen LogP contribution in [-0.2, 0) is 6.42 Å². The van der Waals surface area contributed by atoms with Crippen LogP contribution in [0.4, 0.5) is 0 Å². The zero-order chi connectivity index (χ0) is 11.1. The van der Waals surface area contributed by atoms with Crippen molar-refractivity contribution < 1.29 is 4.92 Å². The first-order chi connectivity index (χ1) is 7.22. The van der Waals surface area contributed by atoms with Crippen LogP contribution in [0.25, 0.3) is 0 Å². The van der Waals surface area contributed by atoms with Gasteiger partial charge in [-0.3, -0.25) is 10.1 Å². The zero-order valence-corrected chi connectivity index (χ0v) is 8.80. The average molecular weight is 205 g/mol. The van der Waals surface area contributed by atoms with Gasteiger partial charge < -0.3 is 0 Å². The third-order valence-electron chi connectivity index (χ3n) is 2.35. The lowest BCUT2D eigenvalue weighted by molar-refractivity contribution is -0.402. The number of rotatable bonds is 5. The predicted molar refractivity (Wildman–Crippen MR) is 60.1 cm³/mol. The van der Waals surface area contributed by atoms with E-state index in [1.165, 1.54) is 5.56 Å². The highest BCUT2D eigenvalue weighted by Crippen LogP contribution is 2.13. The molecule has 0 aromatic heterocycles. The second kappa shape index (κ2) is 5.96. The summed E-state index contributed by atoms with van der Waals surface area (Å²) in [6.07, 6.45) is 4.49. The zero-order valence-electron chi connectivity index (χ0n) is 8.80. The summed E-state index contributed by atoms with van der Waals surface area (Å²) in [6, 6.07) is 10.0. The van der Waals surface area contributed by atoms with Gasteiger partial charge in [0.1, 0.15) is 0 Å². The molecule has 0 heterocycles. The van der Waals surface area contributed by atoms with Crippen LogP contribution >= 0.6 is 0 Å². The average Bonchev–Trinajstić information content (AvgIpc) is 2.25. The molecular weight excluding hydrogens is 190 g/mol. The van der Waals surface area contributed by atoms with Gasteiger partial charge in [0.15, 0.2) is 0 Å².